The van der Waals surface area contributed by atoms with E-state index < -0.39 is 11.9 Å². The lowest BCUT2D eigenvalue weighted by Crippen LogP contribution is -2.14. The number of nitrogens with zero attached hydrogens (tertiary/aromatic N) is 2. The van der Waals surface area contributed by atoms with Gasteiger partial charge in [0.05, 0.1) is 20.5 Å². The van der Waals surface area contributed by atoms with Crippen LogP contribution in [-0.2, 0) is 16.5 Å². The summed E-state index contributed by atoms with van der Waals surface area (Å²) in [4.78, 5) is 26.2. The van der Waals surface area contributed by atoms with E-state index in [2.05, 4.69) is 14.5 Å². The highest BCUT2D eigenvalue weighted by molar-refractivity contribution is 6.00. The van der Waals surface area contributed by atoms with Gasteiger partial charge in [-0.25, -0.2) is 14.6 Å². The SMILES string of the molecule is CC.COC(=O)c1ncn(C)c1C(=O)OC. The van der Waals surface area contributed by atoms with E-state index in [-0.39, 0.29) is 11.4 Å². The summed E-state index contributed by atoms with van der Waals surface area (Å²) in [6.07, 6.45) is 1.35. The third-order valence-corrected chi connectivity index (χ3v) is 1.69. The van der Waals surface area contributed by atoms with E-state index in [1.165, 1.54) is 25.1 Å². The molecule has 0 unspecified atom stereocenters. The Morgan fingerprint density at radius 2 is 1.69 bits per heavy atom. The highest BCUT2D eigenvalue weighted by Gasteiger charge is 2.23. The quantitative estimate of drug-likeness (QED) is 0.707. The standard InChI is InChI=1S/C8H10N2O4.C2H6/c1-10-4-9-5(7(11)13-2)6(10)8(12)14-3;1-2/h4H,1-3H3;1-2H3. The Morgan fingerprint density at radius 1 is 1.19 bits per heavy atom. The molecule has 0 amide bonds. The molecular weight excluding hydrogens is 212 g/mol. The van der Waals surface area contributed by atoms with Gasteiger partial charge >= 0.3 is 11.9 Å². The van der Waals surface area contributed by atoms with Gasteiger partial charge in [0.15, 0.2) is 11.4 Å². The van der Waals surface area contributed by atoms with Gasteiger partial charge in [-0.1, -0.05) is 13.8 Å². The summed E-state index contributed by atoms with van der Waals surface area (Å²) < 4.78 is 10.4. The van der Waals surface area contributed by atoms with E-state index in [0.717, 1.165) is 0 Å². The van der Waals surface area contributed by atoms with Gasteiger partial charge in [0.1, 0.15) is 0 Å². The Balaban J connectivity index is 0.00000106. The van der Waals surface area contributed by atoms with Crippen molar-refractivity contribution < 1.29 is 19.1 Å². The minimum atomic E-state index is -0.661. The van der Waals surface area contributed by atoms with Crippen LogP contribution in [0.5, 0.6) is 0 Å². The number of hydrogen-bond donors (Lipinski definition) is 0. The predicted octanol–water partition coefficient (Wildman–Crippen LogP) is 1.02. The highest BCUT2D eigenvalue weighted by atomic mass is 16.5. The number of hydrogen-bond acceptors (Lipinski definition) is 5. The molecule has 0 aliphatic heterocycles. The number of ether oxygens (including phenoxy) is 2. The van der Waals surface area contributed by atoms with E-state index in [0.29, 0.717) is 0 Å². The smallest absolute Gasteiger partial charge is 0.359 e. The lowest BCUT2D eigenvalue weighted by atomic mass is 10.3. The largest absolute Gasteiger partial charge is 0.464 e. The molecule has 90 valence electrons. The topological polar surface area (TPSA) is 70.4 Å². The lowest BCUT2D eigenvalue weighted by Gasteiger charge is -2.01. The van der Waals surface area contributed by atoms with Crippen molar-refractivity contribution in [1.82, 2.24) is 9.55 Å². The number of imidazole rings is 1. The maximum absolute atomic E-state index is 11.2. The molecule has 0 aliphatic carbocycles. The molecule has 1 heterocycles. The van der Waals surface area contributed by atoms with Gasteiger partial charge in [-0.15, -0.1) is 0 Å². The fourth-order valence-corrected chi connectivity index (χ4v) is 1.01. The Kier molecular flexibility index (Phi) is 5.84. The van der Waals surface area contributed by atoms with Crippen LogP contribution < -0.4 is 0 Å². The Labute approximate surface area is 94.2 Å². The zero-order chi connectivity index (χ0) is 12.7. The fraction of sp³-hybridized carbons (Fsp3) is 0.500. The van der Waals surface area contributed by atoms with Crippen molar-refractivity contribution in [2.75, 3.05) is 14.2 Å². The molecule has 6 nitrogen and oxygen atoms in total. The summed E-state index contributed by atoms with van der Waals surface area (Å²) in [6.45, 7) is 4.00. The van der Waals surface area contributed by atoms with Crippen LogP contribution in [-0.4, -0.2) is 35.7 Å². The van der Waals surface area contributed by atoms with Crippen LogP contribution >= 0.6 is 0 Å². The van der Waals surface area contributed by atoms with Crippen molar-refractivity contribution in [2.45, 2.75) is 13.8 Å². The van der Waals surface area contributed by atoms with Gasteiger partial charge in [0.25, 0.3) is 0 Å². The molecule has 0 fully saturated rings. The first-order valence-corrected chi connectivity index (χ1v) is 4.79. The van der Waals surface area contributed by atoms with Gasteiger partial charge < -0.3 is 14.0 Å². The summed E-state index contributed by atoms with van der Waals surface area (Å²) in [5, 5.41) is 0. The Bertz CT molecular complexity index is 371. The number of carbonyl (C=O) groups excluding carboxylic acids is 2. The second-order valence-corrected chi connectivity index (χ2v) is 2.54. The van der Waals surface area contributed by atoms with Crippen LogP contribution in [0.1, 0.15) is 34.8 Å². The first kappa shape index (κ1) is 14.2. The minimum absolute atomic E-state index is 0.0400. The zero-order valence-corrected chi connectivity index (χ0v) is 10.1. The van der Waals surface area contributed by atoms with E-state index in [9.17, 15) is 9.59 Å². The molecule has 1 aromatic rings. The maximum Gasteiger partial charge on any atom is 0.359 e. The highest BCUT2D eigenvalue weighted by Crippen LogP contribution is 2.08. The molecular formula is C10H16N2O4. The zero-order valence-electron chi connectivity index (χ0n) is 10.1. The average Bonchev–Trinajstić information content (AvgIpc) is 2.71. The minimum Gasteiger partial charge on any atom is -0.464 e. The van der Waals surface area contributed by atoms with Crippen molar-refractivity contribution in [3.8, 4) is 0 Å². The molecule has 0 aliphatic rings. The molecule has 0 spiro atoms. The third kappa shape index (κ3) is 2.82. The Hall–Kier alpha value is -1.85. The van der Waals surface area contributed by atoms with Crippen molar-refractivity contribution in [3.63, 3.8) is 0 Å². The summed E-state index contributed by atoms with van der Waals surface area (Å²) in [5.74, 6) is -1.28. The summed E-state index contributed by atoms with van der Waals surface area (Å²) >= 11 is 0. The van der Waals surface area contributed by atoms with Gasteiger partial charge in [-0.3, -0.25) is 0 Å². The molecule has 0 N–H and O–H groups in total. The molecule has 1 aromatic heterocycles. The van der Waals surface area contributed by atoms with Crippen molar-refractivity contribution in [2.24, 2.45) is 7.05 Å². The molecule has 0 atom stereocenters. The number of aryl methyl sites for hydroxylation is 1. The van der Waals surface area contributed by atoms with E-state index in [4.69, 9.17) is 0 Å². The average molecular weight is 228 g/mol. The Morgan fingerprint density at radius 3 is 2.12 bits per heavy atom. The second kappa shape index (κ2) is 6.60. The summed E-state index contributed by atoms with van der Waals surface area (Å²) in [7, 11) is 4.04. The van der Waals surface area contributed by atoms with Crippen LogP contribution in [0.4, 0.5) is 0 Å². The van der Waals surface area contributed by atoms with Gasteiger partial charge in [0.2, 0.25) is 0 Å². The van der Waals surface area contributed by atoms with Crippen molar-refractivity contribution in [3.05, 3.63) is 17.7 Å². The summed E-state index contributed by atoms with van der Waals surface area (Å²) in [5.41, 5.74) is 0.0428. The van der Waals surface area contributed by atoms with Crippen molar-refractivity contribution >= 4 is 11.9 Å². The summed E-state index contributed by atoms with van der Waals surface area (Å²) in [6, 6.07) is 0. The molecule has 0 bridgehead atoms. The molecule has 0 aromatic carbocycles. The van der Waals surface area contributed by atoms with Crippen LogP contribution in [0.3, 0.4) is 0 Å². The van der Waals surface area contributed by atoms with E-state index >= 15 is 0 Å². The molecule has 16 heavy (non-hydrogen) atoms. The van der Waals surface area contributed by atoms with Crippen LogP contribution in [0.15, 0.2) is 6.33 Å². The number of esters is 2. The normalized spacial score (nSPS) is 8.81. The van der Waals surface area contributed by atoms with E-state index in [1.807, 2.05) is 13.8 Å². The number of carbonyl (C=O) groups is 2. The van der Waals surface area contributed by atoms with Crippen LogP contribution in [0.25, 0.3) is 0 Å². The predicted molar refractivity (Wildman–Crippen MR) is 57.2 cm³/mol. The molecule has 0 saturated heterocycles. The van der Waals surface area contributed by atoms with Gasteiger partial charge in [0, 0.05) is 7.05 Å². The maximum atomic E-state index is 11.2. The second-order valence-electron chi connectivity index (χ2n) is 2.54. The first-order valence-electron chi connectivity index (χ1n) is 4.79. The molecule has 0 radical (unpaired) electrons. The lowest BCUT2D eigenvalue weighted by molar-refractivity contribution is 0.0544. The van der Waals surface area contributed by atoms with Gasteiger partial charge in [-0.05, 0) is 0 Å². The fourth-order valence-electron chi connectivity index (χ4n) is 1.01. The number of aromatic nitrogens is 2. The monoisotopic (exact) mass is 228 g/mol. The first-order chi connectivity index (χ1) is 7.61. The molecule has 1 rings (SSSR count). The number of methoxy groups -OCH3 is 2. The van der Waals surface area contributed by atoms with Crippen LogP contribution in [0, 0.1) is 0 Å². The van der Waals surface area contributed by atoms with Gasteiger partial charge in [-0.2, -0.15) is 0 Å². The molecule has 6 heteroatoms. The number of rotatable bonds is 2. The van der Waals surface area contributed by atoms with Crippen LogP contribution in [0.2, 0.25) is 0 Å². The third-order valence-electron chi connectivity index (χ3n) is 1.69. The molecule has 0 saturated carbocycles. The van der Waals surface area contributed by atoms with Crippen molar-refractivity contribution in [1.29, 1.82) is 0 Å². The van der Waals surface area contributed by atoms with E-state index in [1.54, 1.807) is 7.05 Å².